The first kappa shape index (κ1) is 15.0. The van der Waals surface area contributed by atoms with E-state index in [-0.39, 0.29) is 11.4 Å². The van der Waals surface area contributed by atoms with Crippen LogP contribution in [0.25, 0.3) is 0 Å². The van der Waals surface area contributed by atoms with Crippen LogP contribution < -0.4 is 10.6 Å². The van der Waals surface area contributed by atoms with E-state index in [9.17, 15) is 4.79 Å². The third-order valence-corrected chi connectivity index (χ3v) is 4.31. The third-order valence-electron chi connectivity index (χ3n) is 4.31. The Morgan fingerprint density at radius 1 is 1.40 bits per heavy atom. The Morgan fingerprint density at radius 3 is 2.85 bits per heavy atom. The van der Waals surface area contributed by atoms with Crippen LogP contribution in [0.15, 0.2) is 12.4 Å². The molecule has 3 N–H and O–H groups in total. The number of hydrogen-bond acceptors (Lipinski definition) is 3. The molecule has 1 saturated carbocycles. The van der Waals surface area contributed by atoms with E-state index in [4.69, 9.17) is 0 Å². The predicted molar refractivity (Wildman–Crippen MR) is 79.4 cm³/mol. The van der Waals surface area contributed by atoms with E-state index in [0.717, 1.165) is 38.1 Å². The summed E-state index contributed by atoms with van der Waals surface area (Å²) in [5.74, 6) is 1.15. The van der Waals surface area contributed by atoms with Gasteiger partial charge < -0.3 is 15.6 Å². The van der Waals surface area contributed by atoms with Crippen LogP contribution in [0.5, 0.6) is 0 Å². The molecule has 0 saturated heterocycles. The maximum Gasteiger partial charge on any atom is 0.221 e. The van der Waals surface area contributed by atoms with E-state index in [1.165, 1.54) is 19.3 Å². The summed E-state index contributed by atoms with van der Waals surface area (Å²) in [5.41, 5.74) is 0.0311. The van der Waals surface area contributed by atoms with Gasteiger partial charge in [-0.05, 0) is 26.3 Å². The molecule has 0 aromatic carbocycles. The Kier molecular flexibility index (Phi) is 5.59. The maximum atomic E-state index is 12.1. The third kappa shape index (κ3) is 4.34. The van der Waals surface area contributed by atoms with Gasteiger partial charge in [0, 0.05) is 37.3 Å². The highest BCUT2D eigenvalue weighted by atomic mass is 16.1. The molecule has 0 aliphatic heterocycles. The highest BCUT2D eigenvalue weighted by Crippen LogP contribution is 2.30. The fraction of sp³-hybridized carbons (Fsp3) is 0.733. The lowest BCUT2D eigenvalue weighted by Gasteiger charge is -2.36. The van der Waals surface area contributed by atoms with Gasteiger partial charge in [0.2, 0.25) is 5.91 Å². The summed E-state index contributed by atoms with van der Waals surface area (Å²) in [4.78, 5) is 19.3. The van der Waals surface area contributed by atoms with Crippen molar-refractivity contribution in [2.75, 3.05) is 13.6 Å². The van der Waals surface area contributed by atoms with Gasteiger partial charge in [-0.1, -0.05) is 19.3 Å². The topological polar surface area (TPSA) is 69.8 Å². The van der Waals surface area contributed by atoms with Crippen LogP contribution in [-0.4, -0.2) is 35.0 Å². The molecule has 0 atom stereocenters. The smallest absolute Gasteiger partial charge is 0.221 e. The van der Waals surface area contributed by atoms with Crippen molar-refractivity contribution in [3.63, 3.8) is 0 Å². The maximum absolute atomic E-state index is 12.1. The largest absolute Gasteiger partial charge is 0.356 e. The molecule has 1 amide bonds. The van der Waals surface area contributed by atoms with Crippen LogP contribution in [0.3, 0.4) is 0 Å². The average molecular weight is 278 g/mol. The zero-order valence-corrected chi connectivity index (χ0v) is 12.4. The highest BCUT2D eigenvalue weighted by Gasteiger charge is 2.32. The number of imidazole rings is 1. The number of carbonyl (C=O) groups excluding carboxylic acids is 1. The van der Waals surface area contributed by atoms with E-state index >= 15 is 0 Å². The van der Waals surface area contributed by atoms with Crippen molar-refractivity contribution in [2.45, 2.75) is 56.9 Å². The zero-order chi connectivity index (χ0) is 14.3. The molecule has 112 valence electrons. The average Bonchev–Trinajstić information content (AvgIpc) is 2.98. The second-order valence-corrected chi connectivity index (χ2v) is 5.76. The van der Waals surface area contributed by atoms with E-state index < -0.39 is 0 Å². The fourth-order valence-electron chi connectivity index (χ4n) is 3.03. The molecule has 5 heteroatoms. The highest BCUT2D eigenvalue weighted by molar-refractivity contribution is 5.77. The SMILES string of the molecule is CNC1(CC(=O)NCCCc2ncc[nH]2)CCCCC1. The molecule has 0 bridgehead atoms. The first-order valence-electron chi connectivity index (χ1n) is 7.68. The van der Waals surface area contributed by atoms with E-state index in [1.807, 2.05) is 13.2 Å². The van der Waals surface area contributed by atoms with Crippen LogP contribution in [0.4, 0.5) is 0 Å². The van der Waals surface area contributed by atoms with Crippen molar-refractivity contribution >= 4 is 5.91 Å². The molecular formula is C15H26N4O. The molecule has 1 aliphatic carbocycles. The Bertz CT molecular complexity index is 396. The predicted octanol–water partition coefficient (Wildman–Crippen LogP) is 1.77. The molecule has 1 aromatic heterocycles. The Labute approximate surface area is 120 Å². The van der Waals surface area contributed by atoms with Gasteiger partial charge >= 0.3 is 0 Å². The number of aromatic amines is 1. The second kappa shape index (κ2) is 7.43. The summed E-state index contributed by atoms with van der Waals surface area (Å²) in [6.45, 7) is 0.722. The number of aromatic nitrogens is 2. The van der Waals surface area contributed by atoms with Gasteiger partial charge in [-0.25, -0.2) is 4.98 Å². The van der Waals surface area contributed by atoms with Crippen molar-refractivity contribution in [2.24, 2.45) is 0 Å². The number of aryl methyl sites for hydroxylation is 1. The second-order valence-electron chi connectivity index (χ2n) is 5.76. The molecule has 0 radical (unpaired) electrons. The van der Waals surface area contributed by atoms with E-state index in [2.05, 4.69) is 20.6 Å². The normalized spacial score (nSPS) is 17.9. The monoisotopic (exact) mass is 278 g/mol. The Morgan fingerprint density at radius 2 is 2.20 bits per heavy atom. The Hall–Kier alpha value is -1.36. The molecule has 0 spiro atoms. The molecule has 0 unspecified atom stereocenters. The summed E-state index contributed by atoms with van der Waals surface area (Å²) < 4.78 is 0. The minimum atomic E-state index is 0.0311. The van der Waals surface area contributed by atoms with Gasteiger partial charge in [0.15, 0.2) is 0 Å². The molecule has 1 aliphatic rings. The fourth-order valence-corrected chi connectivity index (χ4v) is 3.03. The molecule has 2 rings (SSSR count). The van der Waals surface area contributed by atoms with Gasteiger partial charge in [-0.15, -0.1) is 0 Å². The van der Waals surface area contributed by atoms with Crippen LogP contribution in [-0.2, 0) is 11.2 Å². The molecule has 1 fully saturated rings. The van der Waals surface area contributed by atoms with Gasteiger partial charge in [0.1, 0.15) is 5.82 Å². The molecule has 5 nitrogen and oxygen atoms in total. The quantitative estimate of drug-likeness (QED) is 0.666. The van der Waals surface area contributed by atoms with Crippen molar-refractivity contribution < 1.29 is 4.79 Å². The van der Waals surface area contributed by atoms with E-state index in [1.54, 1.807) is 6.20 Å². The standard InChI is InChI=1S/C15H26N4O/c1-16-15(7-3-2-4-8-15)12-14(20)19-9-5-6-13-17-10-11-18-13/h10-11,16H,2-9,12H2,1H3,(H,17,18)(H,19,20). The number of rotatable bonds is 7. The van der Waals surface area contributed by atoms with Crippen LogP contribution >= 0.6 is 0 Å². The number of hydrogen-bond donors (Lipinski definition) is 3. The van der Waals surface area contributed by atoms with Crippen molar-refractivity contribution in [3.8, 4) is 0 Å². The van der Waals surface area contributed by atoms with Gasteiger partial charge in [0.25, 0.3) is 0 Å². The van der Waals surface area contributed by atoms with Gasteiger partial charge in [0.05, 0.1) is 0 Å². The summed E-state index contributed by atoms with van der Waals surface area (Å²) in [5, 5.41) is 6.42. The first-order chi connectivity index (χ1) is 9.74. The Balaban J connectivity index is 1.66. The number of carbonyl (C=O) groups is 1. The van der Waals surface area contributed by atoms with E-state index in [0.29, 0.717) is 6.42 Å². The number of amides is 1. The van der Waals surface area contributed by atoms with Gasteiger partial charge in [-0.3, -0.25) is 4.79 Å². The van der Waals surface area contributed by atoms with Gasteiger partial charge in [-0.2, -0.15) is 0 Å². The summed E-state index contributed by atoms with van der Waals surface area (Å²) in [6.07, 6.45) is 12.0. The number of H-pyrrole nitrogens is 1. The van der Waals surface area contributed by atoms with Crippen LogP contribution in [0.1, 0.15) is 50.8 Å². The summed E-state index contributed by atoms with van der Waals surface area (Å²) in [6, 6.07) is 0. The summed E-state index contributed by atoms with van der Waals surface area (Å²) in [7, 11) is 1.98. The van der Waals surface area contributed by atoms with Crippen molar-refractivity contribution in [1.82, 2.24) is 20.6 Å². The lowest BCUT2D eigenvalue weighted by molar-refractivity contribution is -0.122. The lowest BCUT2D eigenvalue weighted by atomic mass is 9.79. The van der Waals surface area contributed by atoms with Crippen molar-refractivity contribution in [1.29, 1.82) is 0 Å². The van der Waals surface area contributed by atoms with Crippen molar-refractivity contribution in [3.05, 3.63) is 18.2 Å². The molecular weight excluding hydrogens is 252 g/mol. The molecule has 1 aromatic rings. The molecule has 1 heterocycles. The van der Waals surface area contributed by atoms with Crippen LogP contribution in [0.2, 0.25) is 0 Å². The minimum Gasteiger partial charge on any atom is -0.356 e. The first-order valence-corrected chi connectivity index (χ1v) is 7.68. The summed E-state index contributed by atoms with van der Waals surface area (Å²) >= 11 is 0. The number of nitrogens with zero attached hydrogens (tertiary/aromatic N) is 1. The molecule has 20 heavy (non-hydrogen) atoms. The lowest BCUT2D eigenvalue weighted by Crippen LogP contribution is -2.48. The minimum absolute atomic E-state index is 0.0311. The number of nitrogens with one attached hydrogen (secondary N) is 3. The zero-order valence-electron chi connectivity index (χ0n) is 12.4. The van der Waals surface area contributed by atoms with Crippen LogP contribution in [0, 0.1) is 0 Å².